The molecule has 1 amide bonds. The second-order valence-corrected chi connectivity index (χ2v) is 5.40. The molecule has 7 nitrogen and oxygen atoms in total. The SMILES string of the molecule is CCOc1ccc(C(=O)NCCc2ccc(OC(F)F)cc2)cc1[N+](=O)[O-]. The van der Waals surface area contributed by atoms with Crippen molar-refractivity contribution in [3.63, 3.8) is 0 Å². The Morgan fingerprint density at radius 3 is 2.52 bits per heavy atom. The summed E-state index contributed by atoms with van der Waals surface area (Å²) in [6, 6.07) is 10.1. The molecular weight excluding hydrogens is 362 g/mol. The van der Waals surface area contributed by atoms with E-state index in [1.807, 2.05) is 0 Å². The topological polar surface area (TPSA) is 90.7 Å². The van der Waals surface area contributed by atoms with Gasteiger partial charge in [0.1, 0.15) is 5.75 Å². The number of carbonyl (C=O) groups excluding carboxylic acids is 1. The Morgan fingerprint density at radius 1 is 1.22 bits per heavy atom. The van der Waals surface area contributed by atoms with Gasteiger partial charge in [0, 0.05) is 18.2 Å². The minimum Gasteiger partial charge on any atom is -0.487 e. The molecule has 2 rings (SSSR count). The Bertz CT molecular complexity index is 797. The third-order valence-corrected chi connectivity index (χ3v) is 3.57. The van der Waals surface area contributed by atoms with Crippen LogP contribution in [0.1, 0.15) is 22.8 Å². The maximum absolute atomic E-state index is 12.2. The number of nitro groups is 1. The van der Waals surface area contributed by atoms with E-state index >= 15 is 0 Å². The van der Waals surface area contributed by atoms with Crippen LogP contribution in [0, 0.1) is 10.1 Å². The molecule has 2 aromatic carbocycles. The number of rotatable bonds is 9. The van der Waals surface area contributed by atoms with Crippen molar-refractivity contribution in [2.75, 3.05) is 13.2 Å². The lowest BCUT2D eigenvalue weighted by Crippen LogP contribution is -2.25. The molecule has 0 atom stereocenters. The fraction of sp³-hybridized carbons (Fsp3) is 0.278. The number of carbonyl (C=O) groups is 1. The molecule has 0 radical (unpaired) electrons. The van der Waals surface area contributed by atoms with E-state index in [2.05, 4.69) is 10.1 Å². The summed E-state index contributed by atoms with van der Waals surface area (Å²) in [5.74, 6) is -0.302. The third-order valence-electron chi connectivity index (χ3n) is 3.57. The molecule has 0 aliphatic carbocycles. The van der Waals surface area contributed by atoms with Gasteiger partial charge in [0.15, 0.2) is 5.75 Å². The smallest absolute Gasteiger partial charge is 0.387 e. The molecule has 2 aromatic rings. The maximum atomic E-state index is 12.2. The van der Waals surface area contributed by atoms with Crippen LogP contribution >= 0.6 is 0 Å². The van der Waals surface area contributed by atoms with Gasteiger partial charge in [0.25, 0.3) is 5.91 Å². The van der Waals surface area contributed by atoms with Crippen LogP contribution in [-0.2, 0) is 6.42 Å². The van der Waals surface area contributed by atoms with Gasteiger partial charge in [0.05, 0.1) is 11.5 Å². The molecule has 0 bridgehead atoms. The number of hydrogen-bond acceptors (Lipinski definition) is 5. The number of amides is 1. The fourth-order valence-corrected chi connectivity index (χ4v) is 2.34. The quantitative estimate of drug-likeness (QED) is 0.531. The van der Waals surface area contributed by atoms with Crippen LogP contribution in [-0.4, -0.2) is 30.6 Å². The second-order valence-electron chi connectivity index (χ2n) is 5.40. The van der Waals surface area contributed by atoms with E-state index in [9.17, 15) is 23.7 Å². The van der Waals surface area contributed by atoms with Crippen LogP contribution in [0.15, 0.2) is 42.5 Å². The molecule has 0 aromatic heterocycles. The highest BCUT2D eigenvalue weighted by Crippen LogP contribution is 2.28. The molecule has 0 unspecified atom stereocenters. The Hall–Kier alpha value is -3.23. The van der Waals surface area contributed by atoms with Gasteiger partial charge in [-0.2, -0.15) is 8.78 Å². The first-order valence-electron chi connectivity index (χ1n) is 8.14. The predicted molar refractivity (Wildman–Crippen MR) is 93.4 cm³/mol. The van der Waals surface area contributed by atoms with Crippen LogP contribution in [0.25, 0.3) is 0 Å². The van der Waals surface area contributed by atoms with Gasteiger partial charge in [0.2, 0.25) is 0 Å². The average Bonchev–Trinajstić information content (AvgIpc) is 2.63. The van der Waals surface area contributed by atoms with Gasteiger partial charge in [-0.3, -0.25) is 14.9 Å². The first kappa shape index (κ1) is 20.1. The summed E-state index contributed by atoms with van der Waals surface area (Å²) >= 11 is 0. The Balaban J connectivity index is 1.93. The molecule has 0 heterocycles. The highest BCUT2D eigenvalue weighted by molar-refractivity contribution is 5.95. The van der Waals surface area contributed by atoms with E-state index in [4.69, 9.17) is 4.74 Å². The maximum Gasteiger partial charge on any atom is 0.387 e. The molecule has 27 heavy (non-hydrogen) atoms. The van der Waals surface area contributed by atoms with E-state index in [-0.39, 0.29) is 35.9 Å². The van der Waals surface area contributed by atoms with Crippen LogP contribution in [0.5, 0.6) is 11.5 Å². The molecule has 0 saturated heterocycles. The Kier molecular flexibility index (Phi) is 7.04. The summed E-state index contributed by atoms with van der Waals surface area (Å²) in [6.07, 6.45) is 0.458. The van der Waals surface area contributed by atoms with Crippen molar-refractivity contribution in [2.45, 2.75) is 20.0 Å². The van der Waals surface area contributed by atoms with Gasteiger partial charge in [-0.15, -0.1) is 0 Å². The predicted octanol–water partition coefficient (Wildman–Crippen LogP) is 3.57. The number of ether oxygens (including phenoxy) is 2. The molecule has 0 aliphatic heterocycles. The zero-order chi connectivity index (χ0) is 19.8. The van der Waals surface area contributed by atoms with Gasteiger partial charge in [-0.05, 0) is 43.2 Å². The normalized spacial score (nSPS) is 10.5. The fourth-order valence-electron chi connectivity index (χ4n) is 2.34. The van der Waals surface area contributed by atoms with E-state index in [0.717, 1.165) is 11.6 Å². The molecule has 144 valence electrons. The summed E-state index contributed by atoms with van der Waals surface area (Å²) in [5.41, 5.74) is 0.680. The lowest BCUT2D eigenvalue weighted by molar-refractivity contribution is -0.385. The molecule has 1 N–H and O–H groups in total. The van der Waals surface area contributed by atoms with Crippen molar-refractivity contribution < 1.29 is 28.0 Å². The van der Waals surface area contributed by atoms with Crippen molar-refractivity contribution in [1.29, 1.82) is 0 Å². The van der Waals surface area contributed by atoms with Gasteiger partial charge in [-0.25, -0.2) is 0 Å². The molecule has 0 fully saturated rings. The van der Waals surface area contributed by atoms with E-state index < -0.39 is 17.4 Å². The number of halogens is 2. The molecule has 9 heteroatoms. The number of alkyl halides is 2. The van der Waals surface area contributed by atoms with Crippen LogP contribution < -0.4 is 14.8 Å². The van der Waals surface area contributed by atoms with Gasteiger partial charge in [-0.1, -0.05) is 12.1 Å². The van der Waals surface area contributed by atoms with Crippen LogP contribution in [0.4, 0.5) is 14.5 Å². The number of nitrogens with one attached hydrogen (secondary N) is 1. The average molecular weight is 380 g/mol. The van der Waals surface area contributed by atoms with E-state index in [1.54, 1.807) is 19.1 Å². The largest absolute Gasteiger partial charge is 0.487 e. The number of benzene rings is 2. The Labute approximate surface area is 154 Å². The Morgan fingerprint density at radius 2 is 1.93 bits per heavy atom. The lowest BCUT2D eigenvalue weighted by Gasteiger charge is -2.08. The minimum atomic E-state index is -2.88. The first-order chi connectivity index (χ1) is 12.9. The molecule has 0 saturated carbocycles. The summed E-state index contributed by atoms with van der Waals surface area (Å²) in [5, 5.41) is 13.8. The summed E-state index contributed by atoms with van der Waals surface area (Å²) in [4.78, 5) is 22.7. The number of nitrogens with zero attached hydrogens (tertiary/aromatic N) is 1. The summed E-state index contributed by atoms with van der Waals surface area (Å²) < 4.78 is 33.6. The summed E-state index contributed by atoms with van der Waals surface area (Å²) in [7, 11) is 0. The monoisotopic (exact) mass is 380 g/mol. The van der Waals surface area contributed by atoms with Crippen LogP contribution in [0.2, 0.25) is 0 Å². The van der Waals surface area contributed by atoms with Crippen molar-refractivity contribution in [2.24, 2.45) is 0 Å². The molecular formula is C18H18F2N2O5. The van der Waals surface area contributed by atoms with Gasteiger partial charge >= 0.3 is 12.3 Å². The number of nitro benzene ring substituents is 1. The third kappa shape index (κ3) is 5.91. The zero-order valence-corrected chi connectivity index (χ0v) is 14.5. The molecule has 0 spiro atoms. The van der Waals surface area contributed by atoms with Crippen molar-refractivity contribution >= 4 is 11.6 Å². The minimum absolute atomic E-state index is 0.0551. The highest BCUT2D eigenvalue weighted by Gasteiger charge is 2.18. The zero-order valence-electron chi connectivity index (χ0n) is 14.5. The second kappa shape index (κ2) is 9.46. The van der Waals surface area contributed by atoms with Gasteiger partial charge < -0.3 is 14.8 Å². The molecule has 0 aliphatic rings. The van der Waals surface area contributed by atoms with Crippen molar-refractivity contribution in [3.8, 4) is 11.5 Å². The van der Waals surface area contributed by atoms with E-state index in [0.29, 0.717) is 6.42 Å². The standard InChI is InChI=1S/C18H18F2N2O5/c1-2-26-16-8-5-13(11-15(16)22(24)25)17(23)21-10-9-12-3-6-14(7-4-12)27-18(19)20/h3-8,11,18H,2,9-10H2,1H3,(H,21,23). The number of hydrogen-bond donors (Lipinski definition) is 1. The highest BCUT2D eigenvalue weighted by atomic mass is 19.3. The van der Waals surface area contributed by atoms with Crippen LogP contribution in [0.3, 0.4) is 0 Å². The summed E-state index contributed by atoms with van der Waals surface area (Å²) in [6.45, 7) is -0.632. The van der Waals surface area contributed by atoms with Crippen molar-refractivity contribution in [3.05, 3.63) is 63.7 Å². The first-order valence-corrected chi connectivity index (χ1v) is 8.14. The lowest BCUT2D eigenvalue weighted by atomic mass is 10.1. The van der Waals surface area contributed by atoms with Crippen molar-refractivity contribution in [1.82, 2.24) is 5.32 Å². The van der Waals surface area contributed by atoms with E-state index in [1.165, 1.54) is 24.3 Å².